The maximum atomic E-state index is 13.4. The number of carbonyl (C=O) groups excluding carboxylic acids is 3. The third-order valence-corrected chi connectivity index (χ3v) is 6.15. The van der Waals surface area contributed by atoms with Crippen LogP contribution in [0, 0.1) is 6.92 Å². The molecule has 0 spiro atoms. The van der Waals surface area contributed by atoms with Gasteiger partial charge < -0.3 is 15.8 Å². The highest BCUT2D eigenvalue weighted by molar-refractivity contribution is 6.30. The lowest BCUT2D eigenvalue weighted by Crippen LogP contribution is -2.38. The van der Waals surface area contributed by atoms with Gasteiger partial charge in [0.2, 0.25) is 11.8 Å². The van der Waals surface area contributed by atoms with Gasteiger partial charge in [0.1, 0.15) is 11.8 Å². The second-order valence-electron chi connectivity index (χ2n) is 8.08. The number of aromatic nitrogens is 1. The van der Waals surface area contributed by atoms with Crippen molar-refractivity contribution >= 4 is 40.2 Å². The molecule has 35 heavy (non-hydrogen) atoms. The number of rotatable bonds is 7. The molecular formula is C27H24ClN3O4. The second-order valence-corrected chi connectivity index (χ2v) is 8.52. The minimum absolute atomic E-state index is 0.0625. The summed E-state index contributed by atoms with van der Waals surface area (Å²) in [5.74, 6) is -0.723. The minimum Gasteiger partial charge on any atom is -0.497 e. The first kappa shape index (κ1) is 24.0. The fourth-order valence-corrected chi connectivity index (χ4v) is 4.26. The van der Waals surface area contributed by atoms with E-state index in [2.05, 4.69) is 5.32 Å². The van der Waals surface area contributed by atoms with Gasteiger partial charge in [0.15, 0.2) is 0 Å². The highest BCUT2D eigenvalue weighted by Crippen LogP contribution is 2.31. The van der Waals surface area contributed by atoms with Gasteiger partial charge in [-0.15, -0.1) is 0 Å². The molecule has 0 radical (unpaired) electrons. The monoisotopic (exact) mass is 489 g/mol. The lowest BCUT2D eigenvalue weighted by molar-refractivity contribution is -0.127. The van der Waals surface area contributed by atoms with E-state index in [4.69, 9.17) is 22.1 Å². The molecule has 1 atom stereocenters. The Labute approximate surface area is 207 Å². The number of nitrogens with two attached hydrogens (primary N) is 1. The SMILES string of the molecule is COc1ccc2c(c1)c(CC(=O)NC(C(N)=O)c1ccccc1)c(C)n2C(=O)c1ccc(Cl)cc1. The average molecular weight is 490 g/mol. The predicted molar refractivity (Wildman–Crippen MR) is 135 cm³/mol. The smallest absolute Gasteiger partial charge is 0.262 e. The normalized spacial score (nSPS) is 11.7. The third-order valence-electron chi connectivity index (χ3n) is 5.90. The van der Waals surface area contributed by atoms with Crippen LogP contribution in [0.5, 0.6) is 5.75 Å². The molecule has 4 rings (SSSR count). The van der Waals surface area contributed by atoms with Crippen molar-refractivity contribution in [1.29, 1.82) is 0 Å². The van der Waals surface area contributed by atoms with Gasteiger partial charge in [-0.2, -0.15) is 0 Å². The van der Waals surface area contributed by atoms with Crippen molar-refractivity contribution in [3.05, 3.63) is 100 Å². The summed E-state index contributed by atoms with van der Waals surface area (Å²) in [5, 5.41) is 3.96. The van der Waals surface area contributed by atoms with Crippen LogP contribution in [0.15, 0.2) is 72.8 Å². The second kappa shape index (κ2) is 10.0. The molecule has 0 saturated heterocycles. The van der Waals surface area contributed by atoms with Crippen LogP contribution in [0.1, 0.15) is 33.2 Å². The van der Waals surface area contributed by atoms with Crippen molar-refractivity contribution in [2.75, 3.05) is 7.11 Å². The van der Waals surface area contributed by atoms with Gasteiger partial charge in [-0.3, -0.25) is 19.0 Å². The Hall–Kier alpha value is -4.10. The number of primary amides is 1. The van der Waals surface area contributed by atoms with E-state index in [1.807, 2.05) is 6.07 Å². The molecule has 7 nitrogen and oxygen atoms in total. The standard InChI is InChI=1S/C27H24ClN3O4/c1-16-21(15-24(32)30-25(26(29)33)17-6-4-3-5-7-17)22-14-20(35-2)12-13-23(22)31(16)27(34)18-8-10-19(28)11-9-18/h3-14,25H,15H2,1-2H3,(H2,29,33)(H,30,32). The Kier molecular flexibility index (Phi) is 6.89. The van der Waals surface area contributed by atoms with Crippen LogP contribution in [0.4, 0.5) is 0 Å². The Morgan fingerprint density at radius 2 is 1.71 bits per heavy atom. The number of carbonyl (C=O) groups is 3. The average Bonchev–Trinajstić information content (AvgIpc) is 3.13. The van der Waals surface area contributed by atoms with Crippen molar-refractivity contribution in [2.45, 2.75) is 19.4 Å². The first-order valence-electron chi connectivity index (χ1n) is 10.9. The lowest BCUT2D eigenvalue weighted by Gasteiger charge is -2.16. The first-order valence-corrected chi connectivity index (χ1v) is 11.3. The lowest BCUT2D eigenvalue weighted by atomic mass is 10.0. The molecular weight excluding hydrogens is 466 g/mol. The summed E-state index contributed by atoms with van der Waals surface area (Å²) in [7, 11) is 1.55. The van der Waals surface area contributed by atoms with E-state index in [0.717, 1.165) is 0 Å². The number of amides is 2. The fourth-order valence-electron chi connectivity index (χ4n) is 4.13. The molecule has 1 aromatic heterocycles. The molecule has 3 aromatic carbocycles. The number of methoxy groups -OCH3 is 1. The van der Waals surface area contributed by atoms with E-state index in [0.29, 0.717) is 44.1 Å². The van der Waals surface area contributed by atoms with Crippen molar-refractivity contribution in [3.8, 4) is 5.75 Å². The molecule has 1 heterocycles. The van der Waals surface area contributed by atoms with Gasteiger partial charge in [0.05, 0.1) is 19.0 Å². The highest BCUT2D eigenvalue weighted by Gasteiger charge is 2.25. The van der Waals surface area contributed by atoms with Crippen LogP contribution >= 0.6 is 11.6 Å². The molecule has 2 amide bonds. The van der Waals surface area contributed by atoms with E-state index >= 15 is 0 Å². The molecule has 1 unspecified atom stereocenters. The molecule has 0 aliphatic rings. The van der Waals surface area contributed by atoms with Crippen LogP contribution in [0.25, 0.3) is 10.9 Å². The Balaban J connectivity index is 1.73. The quantitative estimate of drug-likeness (QED) is 0.406. The molecule has 4 aromatic rings. The summed E-state index contributed by atoms with van der Waals surface area (Å²) in [6.45, 7) is 1.78. The summed E-state index contributed by atoms with van der Waals surface area (Å²) < 4.78 is 6.95. The third kappa shape index (κ3) is 4.90. The van der Waals surface area contributed by atoms with Gasteiger partial charge in [0.25, 0.3) is 5.91 Å². The topological polar surface area (TPSA) is 103 Å². The van der Waals surface area contributed by atoms with Gasteiger partial charge in [-0.05, 0) is 60.5 Å². The first-order chi connectivity index (χ1) is 16.8. The van der Waals surface area contributed by atoms with Crippen molar-refractivity contribution in [2.24, 2.45) is 5.73 Å². The van der Waals surface area contributed by atoms with Gasteiger partial charge in [-0.25, -0.2) is 0 Å². The predicted octanol–water partition coefficient (Wildman–Crippen LogP) is 4.19. The van der Waals surface area contributed by atoms with Gasteiger partial charge in [-0.1, -0.05) is 41.9 Å². The summed E-state index contributed by atoms with van der Waals surface area (Å²) in [4.78, 5) is 38.6. The number of hydrogen-bond donors (Lipinski definition) is 2. The number of nitrogens with one attached hydrogen (secondary N) is 1. The Bertz CT molecular complexity index is 1410. The Morgan fingerprint density at radius 1 is 1.03 bits per heavy atom. The molecule has 0 saturated carbocycles. The largest absolute Gasteiger partial charge is 0.497 e. The van der Waals surface area contributed by atoms with Crippen molar-refractivity contribution in [3.63, 3.8) is 0 Å². The molecule has 3 N–H and O–H groups in total. The summed E-state index contributed by atoms with van der Waals surface area (Å²) in [6.07, 6.45) is -0.0625. The molecule has 0 bridgehead atoms. The Morgan fingerprint density at radius 3 is 2.34 bits per heavy atom. The van der Waals surface area contributed by atoms with Crippen LogP contribution in [0.3, 0.4) is 0 Å². The molecule has 0 fully saturated rings. The van der Waals surface area contributed by atoms with E-state index in [9.17, 15) is 14.4 Å². The summed E-state index contributed by atoms with van der Waals surface area (Å²) in [5.41, 5.74) is 8.50. The number of benzene rings is 3. The zero-order valence-electron chi connectivity index (χ0n) is 19.2. The number of halogens is 1. The van der Waals surface area contributed by atoms with Gasteiger partial charge in [0, 0.05) is 21.7 Å². The maximum absolute atomic E-state index is 13.4. The maximum Gasteiger partial charge on any atom is 0.262 e. The fraction of sp³-hybridized carbons (Fsp3) is 0.148. The van der Waals surface area contributed by atoms with E-state index in [1.54, 1.807) is 85.3 Å². The van der Waals surface area contributed by atoms with E-state index < -0.39 is 17.9 Å². The van der Waals surface area contributed by atoms with Crippen LogP contribution in [0.2, 0.25) is 5.02 Å². The van der Waals surface area contributed by atoms with Crippen molar-refractivity contribution in [1.82, 2.24) is 9.88 Å². The molecule has 8 heteroatoms. The van der Waals surface area contributed by atoms with Crippen LogP contribution < -0.4 is 15.8 Å². The van der Waals surface area contributed by atoms with E-state index in [-0.39, 0.29) is 12.3 Å². The zero-order valence-corrected chi connectivity index (χ0v) is 20.0. The minimum atomic E-state index is -0.970. The number of fused-ring (bicyclic) bond motifs is 1. The zero-order chi connectivity index (χ0) is 25.1. The number of nitrogens with zero attached hydrogens (tertiary/aromatic N) is 1. The summed E-state index contributed by atoms with van der Waals surface area (Å²) in [6, 6.07) is 19.8. The van der Waals surface area contributed by atoms with Crippen LogP contribution in [-0.2, 0) is 16.0 Å². The molecule has 0 aliphatic heterocycles. The van der Waals surface area contributed by atoms with E-state index in [1.165, 1.54) is 0 Å². The van der Waals surface area contributed by atoms with Gasteiger partial charge >= 0.3 is 0 Å². The van der Waals surface area contributed by atoms with Crippen molar-refractivity contribution < 1.29 is 19.1 Å². The van der Waals surface area contributed by atoms with Crippen LogP contribution in [-0.4, -0.2) is 29.4 Å². The molecule has 178 valence electrons. The summed E-state index contributed by atoms with van der Waals surface area (Å²) >= 11 is 5.98. The number of hydrogen-bond acceptors (Lipinski definition) is 4. The molecule has 0 aliphatic carbocycles. The highest BCUT2D eigenvalue weighted by atomic mass is 35.5. The number of ether oxygens (including phenoxy) is 1.